The minimum Gasteiger partial charge on any atom is -0.496 e. The van der Waals surface area contributed by atoms with Gasteiger partial charge in [-0.25, -0.2) is 4.98 Å². The number of hydrogen-bond acceptors (Lipinski definition) is 4. The summed E-state index contributed by atoms with van der Waals surface area (Å²) in [4.78, 5) is 4.05. The third-order valence-corrected chi connectivity index (χ3v) is 3.24. The Labute approximate surface area is 122 Å². The van der Waals surface area contributed by atoms with Gasteiger partial charge in [-0.2, -0.15) is 0 Å². The molecule has 0 aliphatic carbocycles. The summed E-state index contributed by atoms with van der Waals surface area (Å²) in [6.07, 6.45) is 3.51. The Morgan fingerprint density at radius 3 is 2.90 bits per heavy atom. The van der Waals surface area contributed by atoms with E-state index in [4.69, 9.17) is 9.47 Å². The molecule has 108 valence electrons. The maximum absolute atomic E-state index is 5.66. The first kappa shape index (κ1) is 13.2. The van der Waals surface area contributed by atoms with E-state index >= 15 is 0 Å². The minimum absolute atomic E-state index is 0.423. The first-order valence-electron chi connectivity index (χ1n) is 6.54. The number of aryl methyl sites for hydroxylation is 1. The number of aromatic nitrogens is 4. The Morgan fingerprint density at radius 2 is 2.14 bits per heavy atom. The first-order valence-corrected chi connectivity index (χ1v) is 6.54. The molecule has 2 aromatic heterocycles. The third-order valence-electron chi connectivity index (χ3n) is 3.24. The van der Waals surface area contributed by atoms with Crippen LogP contribution in [0.5, 0.6) is 11.6 Å². The van der Waals surface area contributed by atoms with Crippen LogP contribution >= 0.6 is 0 Å². The Kier molecular flexibility index (Phi) is 3.59. The Hall–Kier alpha value is -2.76. The summed E-state index contributed by atoms with van der Waals surface area (Å²) in [5, 5.41) is 7.13. The van der Waals surface area contributed by atoms with Gasteiger partial charge < -0.3 is 14.0 Å². The van der Waals surface area contributed by atoms with E-state index in [0.717, 1.165) is 22.7 Å². The summed E-state index contributed by atoms with van der Waals surface area (Å²) in [5.74, 6) is 1.33. The number of nitrogens with one attached hydrogen (secondary N) is 1. The Bertz CT molecular complexity index is 733. The molecule has 0 aliphatic heterocycles. The number of H-pyrrole nitrogens is 1. The van der Waals surface area contributed by atoms with Crippen LogP contribution in [0.4, 0.5) is 0 Å². The molecule has 0 unspecified atom stereocenters. The SMILES string of the molecule is COc1ccccc1-c1cc(OCc2cncn2C)n[nH]1. The topological polar surface area (TPSA) is 65.0 Å². The van der Waals surface area contributed by atoms with Gasteiger partial charge in [0.2, 0.25) is 5.88 Å². The lowest BCUT2D eigenvalue weighted by atomic mass is 10.1. The average Bonchev–Trinajstić information content (AvgIpc) is 3.14. The molecule has 0 saturated carbocycles. The zero-order chi connectivity index (χ0) is 14.7. The van der Waals surface area contributed by atoms with Crippen LogP contribution in [0.1, 0.15) is 5.69 Å². The van der Waals surface area contributed by atoms with Crippen molar-refractivity contribution in [1.82, 2.24) is 19.7 Å². The number of ether oxygens (including phenoxy) is 2. The molecule has 0 saturated heterocycles. The molecule has 0 spiro atoms. The largest absolute Gasteiger partial charge is 0.496 e. The van der Waals surface area contributed by atoms with E-state index in [9.17, 15) is 0 Å². The molecule has 0 atom stereocenters. The van der Waals surface area contributed by atoms with Gasteiger partial charge in [-0.15, -0.1) is 5.10 Å². The fourth-order valence-corrected chi connectivity index (χ4v) is 2.05. The van der Waals surface area contributed by atoms with Crippen LogP contribution < -0.4 is 9.47 Å². The third kappa shape index (κ3) is 2.74. The average molecular weight is 284 g/mol. The van der Waals surface area contributed by atoms with Crippen LogP contribution in [0.3, 0.4) is 0 Å². The lowest BCUT2D eigenvalue weighted by molar-refractivity contribution is 0.285. The summed E-state index contributed by atoms with van der Waals surface area (Å²) in [7, 11) is 3.57. The number of methoxy groups -OCH3 is 1. The first-order chi connectivity index (χ1) is 10.3. The molecule has 1 N–H and O–H groups in total. The second kappa shape index (κ2) is 5.70. The number of nitrogens with zero attached hydrogens (tertiary/aromatic N) is 3. The number of imidazole rings is 1. The standard InChI is InChI=1S/C15H16N4O2/c1-19-10-16-8-11(19)9-21-15-7-13(17-18-15)12-5-3-4-6-14(12)20-2/h3-8,10H,9H2,1-2H3,(H,17,18). The molecule has 21 heavy (non-hydrogen) atoms. The molecule has 0 radical (unpaired) electrons. The molecular weight excluding hydrogens is 268 g/mol. The van der Waals surface area contributed by atoms with Crippen molar-refractivity contribution in [2.75, 3.05) is 7.11 Å². The number of benzene rings is 1. The molecule has 3 rings (SSSR count). The molecule has 2 heterocycles. The molecule has 0 bridgehead atoms. The van der Waals surface area contributed by atoms with Gasteiger partial charge in [0.25, 0.3) is 0 Å². The van der Waals surface area contributed by atoms with E-state index < -0.39 is 0 Å². The van der Waals surface area contributed by atoms with E-state index in [-0.39, 0.29) is 0 Å². The summed E-state index contributed by atoms with van der Waals surface area (Å²) >= 11 is 0. The normalized spacial score (nSPS) is 10.6. The van der Waals surface area contributed by atoms with Crippen LogP contribution in [0.15, 0.2) is 42.9 Å². The molecule has 0 amide bonds. The molecule has 3 aromatic rings. The molecule has 0 aliphatic rings. The highest BCUT2D eigenvalue weighted by Crippen LogP contribution is 2.29. The smallest absolute Gasteiger partial charge is 0.233 e. The zero-order valence-electron chi connectivity index (χ0n) is 11.9. The van der Waals surface area contributed by atoms with Crippen molar-refractivity contribution in [1.29, 1.82) is 0 Å². The zero-order valence-corrected chi connectivity index (χ0v) is 11.9. The van der Waals surface area contributed by atoms with Gasteiger partial charge in [-0.3, -0.25) is 5.10 Å². The fourth-order valence-electron chi connectivity index (χ4n) is 2.05. The number of rotatable bonds is 5. The van der Waals surface area contributed by atoms with Crippen molar-refractivity contribution in [3.63, 3.8) is 0 Å². The molecule has 6 nitrogen and oxygen atoms in total. The summed E-state index contributed by atoms with van der Waals surface area (Å²) in [6.45, 7) is 0.423. The molecule has 0 fully saturated rings. The van der Waals surface area contributed by atoms with Crippen molar-refractivity contribution in [3.05, 3.63) is 48.5 Å². The van der Waals surface area contributed by atoms with Crippen molar-refractivity contribution in [2.24, 2.45) is 7.05 Å². The van der Waals surface area contributed by atoms with Crippen LogP contribution in [-0.2, 0) is 13.7 Å². The van der Waals surface area contributed by atoms with Gasteiger partial charge in [0.15, 0.2) is 0 Å². The number of aromatic amines is 1. The van der Waals surface area contributed by atoms with Crippen LogP contribution in [0.25, 0.3) is 11.3 Å². The van der Waals surface area contributed by atoms with Crippen LogP contribution in [0, 0.1) is 0 Å². The summed E-state index contributed by atoms with van der Waals surface area (Å²) in [5.41, 5.74) is 2.78. The summed E-state index contributed by atoms with van der Waals surface area (Å²) in [6, 6.07) is 9.62. The second-order valence-corrected chi connectivity index (χ2v) is 4.60. The van der Waals surface area contributed by atoms with Crippen molar-refractivity contribution < 1.29 is 9.47 Å². The molecule has 1 aromatic carbocycles. The van der Waals surface area contributed by atoms with Crippen molar-refractivity contribution >= 4 is 0 Å². The van der Waals surface area contributed by atoms with Crippen molar-refractivity contribution in [2.45, 2.75) is 6.61 Å². The maximum Gasteiger partial charge on any atom is 0.233 e. The highest BCUT2D eigenvalue weighted by molar-refractivity contribution is 5.67. The van der Waals surface area contributed by atoms with E-state index in [2.05, 4.69) is 15.2 Å². The van der Waals surface area contributed by atoms with Gasteiger partial charge >= 0.3 is 0 Å². The number of hydrogen-bond donors (Lipinski definition) is 1. The van der Waals surface area contributed by atoms with Gasteiger partial charge in [0.1, 0.15) is 12.4 Å². The highest BCUT2D eigenvalue weighted by Gasteiger charge is 2.09. The summed E-state index contributed by atoms with van der Waals surface area (Å²) < 4.78 is 12.9. The molecular formula is C15H16N4O2. The predicted octanol–water partition coefficient (Wildman–Crippen LogP) is 2.40. The van der Waals surface area contributed by atoms with E-state index in [0.29, 0.717) is 12.5 Å². The van der Waals surface area contributed by atoms with Crippen LogP contribution in [-0.4, -0.2) is 26.9 Å². The Morgan fingerprint density at radius 1 is 1.29 bits per heavy atom. The van der Waals surface area contributed by atoms with E-state index in [1.165, 1.54) is 0 Å². The second-order valence-electron chi connectivity index (χ2n) is 4.60. The minimum atomic E-state index is 0.423. The van der Waals surface area contributed by atoms with Crippen molar-refractivity contribution in [3.8, 4) is 22.9 Å². The number of para-hydroxylation sites is 1. The van der Waals surface area contributed by atoms with Gasteiger partial charge in [-0.1, -0.05) is 12.1 Å². The lowest BCUT2D eigenvalue weighted by Crippen LogP contribution is -2.01. The van der Waals surface area contributed by atoms with E-state index in [1.807, 2.05) is 41.9 Å². The monoisotopic (exact) mass is 284 g/mol. The quantitative estimate of drug-likeness (QED) is 0.781. The Balaban J connectivity index is 1.76. The fraction of sp³-hybridized carbons (Fsp3) is 0.200. The van der Waals surface area contributed by atoms with Gasteiger partial charge in [0.05, 0.1) is 31.0 Å². The molecule has 6 heteroatoms. The van der Waals surface area contributed by atoms with Crippen LogP contribution in [0.2, 0.25) is 0 Å². The van der Waals surface area contributed by atoms with E-state index in [1.54, 1.807) is 19.6 Å². The predicted molar refractivity (Wildman–Crippen MR) is 78.1 cm³/mol. The van der Waals surface area contributed by atoms with Gasteiger partial charge in [0, 0.05) is 18.7 Å². The highest BCUT2D eigenvalue weighted by atomic mass is 16.5. The maximum atomic E-state index is 5.66. The van der Waals surface area contributed by atoms with Gasteiger partial charge in [-0.05, 0) is 12.1 Å². The lowest BCUT2D eigenvalue weighted by Gasteiger charge is -2.05.